The van der Waals surface area contributed by atoms with E-state index in [1.54, 1.807) is 0 Å². The number of nitrogens with one attached hydrogen (secondary N) is 1. The minimum absolute atomic E-state index is 0.0567. The molecule has 0 aromatic heterocycles. The lowest BCUT2D eigenvalue weighted by Crippen LogP contribution is -2.49. The first-order valence-electron chi connectivity index (χ1n) is 6.20. The molecule has 4 nitrogen and oxygen atoms in total. The highest BCUT2D eigenvalue weighted by atomic mass is 16.6. The van der Waals surface area contributed by atoms with Gasteiger partial charge in [-0.25, -0.2) is 0 Å². The van der Waals surface area contributed by atoms with E-state index in [1.165, 1.54) is 0 Å². The maximum absolute atomic E-state index is 11.6. The van der Waals surface area contributed by atoms with Gasteiger partial charge < -0.3 is 14.8 Å². The van der Waals surface area contributed by atoms with E-state index in [1.807, 2.05) is 13.8 Å². The molecule has 16 heavy (non-hydrogen) atoms. The minimum Gasteiger partial charge on any atom is -0.373 e. The van der Waals surface area contributed by atoms with Crippen LogP contribution in [0.5, 0.6) is 0 Å². The molecule has 0 bridgehead atoms. The van der Waals surface area contributed by atoms with Crippen molar-refractivity contribution in [3.63, 3.8) is 0 Å². The van der Waals surface area contributed by atoms with E-state index in [2.05, 4.69) is 5.32 Å². The molecule has 1 aliphatic heterocycles. The van der Waals surface area contributed by atoms with E-state index in [0.29, 0.717) is 13.2 Å². The first kappa shape index (κ1) is 11.9. The molecule has 0 aromatic carbocycles. The molecule has 1 N–H and O–H groups in total. The van der Waals surface area contributed by atoms with Crippen LogP contribution in [0.25, 0.3) is 0 Å². The van der Waals surface area contributed by atoms with Crippen molar-refractivity contribution in [2.75, 3.05) is 13.2 Å². The summed E-state index contributed by atoms with van der Waals surface area (Å²) in [5.74, 6) is 0.196. The predicted molar refractivity (Wildman–Crippen MR) is 60.1 cm³/mol. The highest BCUT2D eigenvalue weighted by molar-refractivity contribution is 5.78. The van der Waals surface area contributed by atoms with E-state index >= 15 is 0 Å². The second-order valence-electron chi connectivity index (χ2n) is 4.99. The summed E-state index contributed by atoms with van der Waals surface area (Å²) in [4.78, 5) is 11.6. The zero-order chi connectivity index (χ0) is 11.5. The van der Waals surface area contributed by atoms with Gasteiger partial charge >= 0.3 is 0 Å². The maximum atomic E-state index is 11.6. The Morgan fingerprint density at radius 1 is 1.19 bits per heavy atom. The van der Waals surface area contributed by atoms with Gasteiger partial charge in [0.2, 0.25) is 5.91 Å². The summed E-state index contributed by atoms with van der Waals surface area (Å²) in [6.07, 6.45) is 3.32. The summed E-state index contributed by atoms with van der Waals surface area (Å²) in [5, 5.41) is 3.08. The van der Waals surface area contributed by atoms with Gasteiger partial charge in [-0.3, -0.25) is 4.79 Å². The molecule has 2 fully saturated rings. The van der Waals surface area contributed by atoms with Crippen LogP contribution in [0.4, 0.5) is 0 Å². The summed E-state index contributed by atoms with van der Waals surface area (Å²) in [6.45, 7) is 5.23. The molecule has 3 atom stereocenters. The SMILES string of the molecule is CC(C)C(=O)NC1CCC2OCCOC2C1. The molecule has 1 saturated heterocycles. The summed E-state index contributed by atoms with van der Waals surface area (Å²) >= 11 is 0. The summed E-state index contributed by atoms with van der Waals surface area (Å²) in [7, 11) is 0. The zero-order valence-electron chi connectivity index (χ0n) is 10.1. The van der Waals surface area contributed by atoms with E-state index < -0.39 is 0 Å². The number of hydrogen-bond donors (Lipinski definition) is 1. The third-order valence-corrected chi connectivity index (χ3v) is 3.35. The summed E-state index contributed by atoms with van der Waals surface area (Å²) in [5.41, 5.74) is 0. The van der Waals surface area contributed by atoms with Gasteiger partial charge in [-0.05, 0) is 19.3 Å². The number of carbonyl (C=O) groups excluding carboxylic acids is 1. The van der Waals surface area contributed by atoms with Crippen molar-refractivity contribution in [1.29, 1.82) is 0 Å². The van der Waals surface area contributed by atoms with Crippen molar-refractivity contribution in [3.8, 4) is 0 Å². The van der Waals surface area contributed by atoms with Gasteiger partial charge in [0.25, 0.3) is 0 Å². The molecule has 92 valence electrons. The van der Waals surface area contributed by atoms with E-state index in [9.17, 15) is 4.79 Å². The molecule has 4 heteroatoms. The van der Waals surface area contributed by atoms with Crippen LogP contribution in [-0.2, 0) is 14.3 Å². The predicted octanol–water partition coefficient (Wildman–Crippen LogP) is 1.10. The molecule has 0 spiro atoms. The van der Waals surface area contributed by atoms with Crippen molar-refractivity contribution in [2.24, 2.45) is 5.92 Å². The van der Waals surface area contributed by atoms with Gasteiger partial charge in [-0.2, -0.15) is 0 Å². The third kappa shape index (κ3) is 2.74. The van der Waals surface area contributed by atoms with Crippen molar-refractivity contribution in [1.82, 2.24) is 5.32 Å². The smallest absolute Gasteiger partial charge is 0.222 e. The average Bonchev–Trinajstić information content (AvgIpc) is 2.28. The number of amides is 1. The Morgan fingerprint density at radius 2 is 1.88 bits per heavy atom. The molecule has 2 aliphatic rings. The van der Waals surface area contributed by atoms with Crippen LogP contribution >= 0.6 is 0 Å². The van der Waals surface area contributed by atoms with Crippen molar-refractivity contribution in [3.05, 3.63) is 0 Å². The Kier molecular flexibility index (Phi) is 3.82. The number of hydrogen-bond acceptors (Lipinski definition) is 3. The Bertz CT molecular complexity index is 255. The lowest BCUT2D eigenvalue weighted by Gasteiger charge is -2.39. The first-order valence-corrected chi connectivity index (χ1v) is 6.20. The molecule has 1 saturated carbocycles. The van der Waals surface area contributed by atoms with Crippen LogP contribution in [0.3, 0.4) is 0 Å². The Labute approximate surface area is 96.7 Å². The number of ether oxygens (including phenoxy) is 2. The molecular formula is C12H21NO3. The standard InChI is InChI=1S/C12H21NO3/c1-8(2)12(14)13-9-3-4-10-11(7-9)16-6-5-15-10/h8-11H,3-7H2,1-2H3,(H,13,14). The highest BCUT2D eigenvalue weighted by Gasteiger charge is 2.34. The van der Waals surface area contributed by atoms with Gasteiger partial charge in [0.15, 0.2) is 0 Å². The van der Waals surface area contributed by atoms with E-state index in [0.717, 1.165) is 19.3 Å². The lowest BCUT2D eigenvalue weighted by atomic mass is 9.89. The van der Waals surface area contributed by atoms with Gasteiger partial charge in [0.1, 0.15) is 0 Å². The lowest BCUT2D eigenvalue weighted by molar-refractivity contribution is -0.159. The highest BCUT2D eigenvalue weighted by Crippen LogP contribution is 2.26. The fourth-order valence-corrected chi connectivity index (χ4v) is 2.37. The number of fused-ring (bicyclic) bond motifs is 1. The van der Waals surface area contributed by atoms with Crippen LogP contribution in [-0.4, -0.2) is 37.4 Å². The van der Waals surface area contributed by atoms with Crippen molar-refractivity contribution in [2.45, 2.75) is 51.4 Å². The van der Waals surface area contributed by atoms with Gasteiger partial charge in [0, 0.05) is 12.0 Å². The van der Waals surface area contributed by atoms with Crippen LogP contribution in [0, 0.1) is 5.92 Å². The van der Waals surface area contributed by atoms with Gasteiger partial charge in [0.05, 0.1) is 25.4 Å². The van der Waals surface area contributed by atoms with Crippen LogP contribution < -0.4 is 5.32 Å². The summed E-state index contributed by atoms with van der Waals surface area (Å²) in [6, 6.07) is 0.262. The molecule has 0 aromatic rings. The van der Waals surface area contributed by atoms with Crippen molar-refractivity contribution >= 4 is 5.91 Å². The van der Waals surface area contributed by atoms with Crippen LogP contribution in [0.15, 0.2) is 0 Å². The maximum Gasteiger partial charge on any atom is 0.222 e. The normalized spacial score (nSPS) is 34.6. The average molecular weight is 227 g/mol. The van der Waals surface area contributed by atoms with Gasteiger partial charge in [-0.1, -0.05) is 13.8 Å². The fraction of sp³-hybridized carbons (Fsp3) is 0.917. The Hall–Kier alpha value is -0.610. The van der Waals surface area contributed by atoms with Gasteiger partial charge in [-0.15, -0.1) is 0 Å². The second kappa shape index (κ2) is 5.15. The summed E-state index contributed by atoms with van der Waals surface area (Å²) < 4.78 is 11.3. The number of rotatable bonds is 2. The largest absolute Gasteiger partial charge is 0.373 e. The quantitative estimate of drug-likeness (QED) is 0.768. The number of carbonyl (C=O) groups is 1. The molecule has 2 rings (SSSR count). The third-order valence-electron chi connectivity index (χ3n) is 3.35. The van der Waals surface area contributed by atoms with Crippen molar-refractivity contribution < 1.29 is 14.3 Å². The molecule has 0 radical (unpaired) electrons. The molecule has 3 unspecified atom stereocenters. The molecule has 1 aliphatic carbocycles. The van der Waals surface area contributed by atoms with E-state index in [4.69, 9.17) is 9.47 Å². The minimum atomic E-state index is 0.0567. The van der Waals surface area contributed by atoms with Crippen LogP contribution in [0.2, 0.25) is 0 Å². The van der Waals surface area contributed by atoms with E-state index in [-0.39, 0.29) is 30.1 Å². The fourth-order valence-electron chi connectivity index (χ4n) is 2.37. The first-order chi connectivity index (χ1) is 7.66. The monoisotopic (exact) mass is 227 g/mol. The molecule has 1 amide bonds. The Balaban J connectivity index is 1.83. The van der Waals surface area contributed by atoms with Crippen LogP contribution in [0.1, 0.15) is 33.1 Å². The Morgan fingerprint density at radius 3 is 2.56 bits per heavy atom. The zero-order valence-corrected chi connectivity index (χ0v) is 10.1. The topological polar surface area (TPSA) is 47.6 Å². The molecule has 1 heterocycles. The second-order valence-corrected chi connectivity index (χ2v) is 4.99. The molecular weight excluding hydrogens is 206 g/mol.